The SMILES string of the molecule is Cc1ccc(CN(C)Cc2cnc(NC[C@H]3CCCO3)nc2)o1. The van der Waals surface area contributed by atoms with Crippen LogP contribution < -0.4 is 5.32 Å². The molecule has 2 aromatic rings. The van der Waals surface area contributed by atoms with Gasteiger partial charge in [-0.05, 0) is 38.9 Å². The summed E-state index contributed by atoms with van der Waals surface area (Å²) in [5.74, 6) is 2.58. The molecule has 0 radical (unpaired) electrons. The molecule has 0 aliphatic carbocycles. The molecule has 6 heteroatoms. The van der Waals surface area contributed by atoms with E-state index in [1.54, 1.807) is 0 Å². The standard InChI is InChI=1S/C17H24N4O2/c1-13-5-6-16(23-13)12-21(2)11-14-8-18-17(19-9-14)20-10-15-4-3-7-22-15/h5-6,8-9,15H,3-4,7,10-12H2,1-2H3,(H,18,19,20)/t15-/m1/s1. The van der Waals surface area contributed by atoms with Gasteiger partial charge in [0, 0.05) is 37.7 Å². The Kier molecular flexibility index (Phi) is 5.25. The van der Waals surface area contributed by atoms with E-state index < -0.39 is 0 Å². The zero-order valence-electron chi connectivity index (χ0n) is 13.8. The second kappa shape index (κ2) is 7.57. The van der Waals surface area contributed by atoms with E-state index in [0.717, 1.165) is 56.2 Å². The number of hydrogen-bond acceptors (Lipinski definition) is 6. The van der Waals surface area contributed by atoms with Gasteiger partial charge in [-0.1, -0.05) is 0 Å². The molecule has 2 aromatic heterocycles. The Morgan fingerprint density at radius 3 is 2.74 bits per heavy atom. The Bertz CT molecular complexity index is 605. The maximum absolute atomic E-state index is 5.60. The van der Waals surface area contributed by atoms with Crippen LogP contribution in [0.25, 0.3) is 0 Å². The van der Waals surface area contributed by atoms with E-state index in [-0.39, 0.29) is 0 Å². The lowest BCUT2D eigenvalue weighted by atomic mass is 10.2. The number of furan rings is 1. The van der Waals surface area contributed by atoms with Crippen molar-refractivity contribution >= 4 is 5.95 Å². The minimum atomic E-state index is 0.293. The third-order valence-corrected chi connectivity index (χ3v) is 3.89. The largest absolute Gasteiger partial charge is 0.465 e. The van der Waals surface area contributed by atoms with Crippen LogP contribution in [-0.2, 0) is 17.8 Å². The zero-order valence-corrected chi connectivity index (χ0v) is 13.8. The Hall–Kier alpha value is -1.92. The molecule has 1 aliphatic rings. The number of hydrogen-bond donors (Lipinski definition) is 1. The highest BCUT2D eigenvalue weighted by Crippen LogP contribution is 2.13. The molecule has 3 heterocycles. The van der Waals surface area contributed by atoms with E-state index in [4.69, 9.17) is 9.15 Å². The van der Waals surface area contributed by atoms with E-state index in [0.29, 0.717) is 12.1 Å². The van der Waals surface area contributed by atoms with Gasteiger partial charge in [-0.3, -0.25) is 4.90 Å². The fourth-order valence-electron chi connectivity index (χ4n) is 2.74. The van der Waals surface area contributed by atoms with Crippen molar-refractivity contribution in [3.05, 3.63) is 41.6 Å². The van der Waals surface area contributed by atoms with Crippen LogP contribution in [0.2, 0.25) is 0 Å². The number of nitrogens with zero attached hydrogens (tertiary/aromatic N) is 3. The normalized spacial score (nSPS) is 17.8. The van der Waals surface area contributed by atoms with Crippen molar-refractivity contribution in [2.75, 3.05) is 25.5 Å². The van der Waals surface area contributed by atoms with Crippen LogP contribution in [0.3, 0.4) is 0 Å². The van der Waals surface area contributed by atoms with Crippen LogP contribution in [0.15, 0.2) is 28.9 Å². The summed E-state index contributed by atoms with van der Waals surface area (Å²) < 4.78 is 11.2. The highest BCUT2D eigenvalue weighted by atomic mass is 16.5. The highest BCUT2D eigenvalue weighted by molar-refractivity contribution is 5.25. The first-order valence-electron chi connectivity index (χ1n) is 8.09. The number of nitrogens with one attached hydrogen (secondary N) is 1. The van der Waals surface area contributed by atoms with E-state index in [2.05, 4.69) is 27.2 Å². The molecule has 23 heavy (non-hydrogen) atoms. The fourth-order valence-corrected chi connectivity index (χ4v) is 2.74. The minimum Gasteiger partial charge on any atom is -0.465 e. The van der Waals surface area contributed by atoms with Crippen LogP contribution in [0, 0.1) is 6.92 Å². The average Bonchev–Trinajstić information content (AvgIpc) is 3.18. The molecule has 0 unspecified atom stereocenters. The van der Waals surface area contributed by atoms with Gasteiger partial charge in [0.2, 0.25) is 5.95 Å². The predicted octanol–water partition coefficient (Wildman–Crippen LogP) is 2.60. The van der Waals surface area contributed by atoms with Crippen molar-refractivity contribution in [2.45, 2.75) is 39.0 Å². The first-order chi connectivity index (χ1) is 11.2. The molecule has 0 saturated carbocycles. The molecule has 0 aromatic carbocycles. The number of anilines is 1. The van der Waals surface area contributed by atoms with Crippen molar-refractivity contribution in [1.82, 2.24) is 14.9 Å². The number of ether oxygens (including phenoxy) is 1. The molecule has 1 saturated heterocycles. The van der Waals surface area contributed by atoms with Gasteiger partial charge in [0.1, 0.15) is 11.5 Å². The van der Waals surface area contributed by atoms with Crippen molar-refractivity contribution in [3.8, 4) is 0 Å². The summed E-state index contributed by atoms with van der Waals surface area (Å²) in [6, 6.07) is 4.00. The van der Waals surface area contributed by atoms with Crippen LogP contribution in [0.5, 0.6) is 0 Å². The molecule has 1 aliphatic heterocycles. The average molecular weight is 316 g/mol. The van der Waals surface area contributed by atoms with E-state index >= 15 is 0 Å². The monoisotopic (exact) mass is 316 g/mol. The fraction of sp³-hybridized carbons (Fsp3) is 0.529. The van der Waals surface area contributed by atoms with Gasteiger partial charge >= 0.3 is 0 Å². The quantitative estimate of drug-likeness (QED) is 0.847. The van der Waals surface area contributed by atoms with Gasteiger partial charge in [-0.15, -0.1) is 0 Å². The third-order valence-electron chi connectivity index (χ3n) is 3.89. The second-order valence-corrected chi connectivity index (χ2v) is 6.12. The summed E-state index contributed by atoms with van der Waals surface area (Å²) in [6.45, 7) is 5.16. The Morgan fingerprint density at radius 2 is 2.09 bits per heavy atom. The third kappa shape index (κ3) is 4.77. The molecule has 0 spiro atoms. The lowest BCUT2D eigenvalue weighted by Gasteiger charge is -2.15. The summed E-state index contributed by atoms with van der Waals surface area (Å²) in [6.07, 6.45) is 6.29. The molecular formula is C17H24N4O2. The molecular weight excluding hydrogens is 292 g/mol. The van der Waals surface area contributed by atoms with Gasteiger partial charge in [0.05, 0.1) is 12.6 Å². The van der Waals surface area contributed by atoms with Gasteiger partial charge < -0.3 is 14.5 Å². The summed E-state index contributed by atoms with van der Waals surface area (Å²) in [5, 5.41) is 3.23. The van der Waals surface area contributed by atoms with Crippen molar-refractivity contribution in [1.29, 1.82) is 0 Å². The van der Waals surface area contributed by atoms with Crippen LogP contribution in [-0.4, -0.2) is 41.2 Å². The molecule has 0 bridgehead atoms. The highest BCUT2D eigenvalue weighted by Gasteiger charge is 2.15. The Balaban J connectivity index is 1.46. The van der Waals surface area contributed by atoms with Gasteiger partial charge in [-0.25, -0.2) is 9.97 Å². The van der Waals surface area contributed by atoms with E-state index in [9.17, 15) is 0 Å². The topological polar surface area (TPSA) is 63.4 Å². The molecule has 3 rings (SSSR count). The first-order valence-corrected chi connectivity index (χ1v) is 8.09. The molecule has 1 N–H and O–H groups in total. The minimum absolute atomic E-state index is 0.293. The molecule has 0 amide bonds. The summed E-state index contributed by atoms with van der Waals surface area (Å²) in [7, 11) is 2.06. The van der Waals surface area contributed by atoms with Gasteiger partial charge in [-0.2, -0.15) is 0 Å². The Labute approximate surface area is 136 Å². The summed E-state index contributed by atoms with van der Waals surface area (Å²) in [5.41, 5.74) is 1.08. The van der Waals surface area contributed by atoms with Crippen molar-refractivity contribution in [2.24, 2.45) is 0 Å². The smallest absolute Gasteiger partial charge is 0.222 e. The van der Waals surface area contributed by atoms with E-state index in [1.165, 1.54) is 0 Å². The van der Waals surface area contributed by atoms with Crippen molar-refractivity contribution < 1.29 is 9.15 Å². The lowest BCUT2D eigenvalue weighted by Crippen LogP contribution is -2.20. The number of aromatic nitrogens is 2. The lowest BCUT2D eigenvalue weighted by molar-refractivity contribution is 0.120. The predicted molar refractivity (Wildman–Crippen MR) is 88.1 cm³/mol. The number of rotatable bonds is 7. The summed E-state index contributed by atoms with van der Waals surface area (Å²) >= 11 is 0. The molecule has 1 fully saturated rings. The van der Waals surface area contributed by atoms with Crippen LogP contribution >= 0.6 is 0 Å². The Morgan fingerprint density at radius 1 is 1.26 bits per heavy atom. The molecule has 1 atom stereocenters. The van der Waals surface area contributed by atoms with Gasteiger partial charge in [0.25, 0.3) is 0 Å². The maximum Gasteiger partial charge on any atom is 0.222 e. The van der Waals surface area contributed by atoms with Crippen molar-refractivity contribution in [3.63, 3.8) is 0 Å². The molecule has 6 nitrogen and oxygen atoms in total. The van der Waals surface area contributed by atoms with E-state index in [1.807, 2.05) is 31.5 Å². The maximum atomic E-state index is 5.60. The first kappa shape index (κ1) is 16.0. The second-order valence-electron chi connectivity index (χ2n) is 6.12. The zero-order chi connectivity index (χ0) is 16.1. The van der Waals surface area contributed by atoms with Crippen LogP contribution in [0.4, 0.5) is 5.95 Å². The summed E-state index contributed by atoms with van der Waals surface area (Å²) in [4.78, 5) is 10.9. The van der Waals surface area contributed by atoms with Gasteiger partial charge in [0.15, 0.2) is 0 Å². The molecule has 124 valence electrons. The number of aryl methyl sites for hydroxylation is 1. The van der Waals surface area contributed by atoms with Crippen LogP contribution in [0.1, 0.15) is 29.9 Å².